The number of aromatic carboxylic acids is 1. The molecule has 0 atom stereocenters. The summed E-state index contributed by atoms with van der Waals surface area (Å²) < 4.78 is 5.76. The summed E-state index contributed by atoms with van der Waals surface area (Å²) in [6.07, 6.45) is 0. The molecule has 3 amide bonds. The Balaban J connectivity index is 1.33. The van der Waals surface area contributed by atoms with Crippen LogP contribution in [0.15, 0.2) is 97.1 Å². The number of carbonyl (C=O) groups is 4. The van der Waals surface area contributed by atoms with Gasteiger partial charge in [-0.1, -0.05) is 18.2 Å². The summed E-state index contributed by atoms with van der Waals surface area (Å²) in [5.41, 5.74) is 1.38. The number of benzene rings is 4. The van der Waals surface area contributed by atoms with E-state index in [1.165, 1.54) is 42.5 Å². The van der Waals surface area contributed by atoms with Crippen LogP contribution >= 0.6 is 0 Å². The molecule has 4 aromatic carbocycles. The molecule has 176 valence electrons. The number of anilines is 2. The molecule has 8 heteroatoms. The lowest BCUT2D eigenvalue weighted by molar-refractivity contribution is 0.0696. The van der Waals surface area contributed by atoms with E-state index in [-0.39, 0.29) is 22.3 Å². The first-order chi connectivity index (χ1) is 17.4. The molecule has 36 heavy (non-hydrogen) atoms. The van der Waals surface area contributed by atoms with Gasteiger partial charge in [-0.15, -0.1) is 0 Å². The Bertz CT molecular complexity index is 1500. The lowest BCUT2D eigenvalue weighted by Gasteiger charge is -2.14. The minimum Gasteiger partial charge on any atom is -0.478 e. The molecule has 1 aliphatic heterocycles. The summed E-state index contributed by atoms with van der Waals surface area (Å²) in [4.78, 5) is 50.8. The van der Waals surface area contributed by atoms with Crippen LogP contribution in [0.25, 0.3) is 0 Å². The van der Waals surface area contributed by atoms with Crippen LogP contribution in [0.4, 0.5) is 11.4 Å². The van der Waals surface area contributed by atoms with Crippen molar-refractivity contribution in [3.63, 3.8) is 0 Å². The number of fused-ring (bicyclic) bond motifs is 1. The largest absolute Gasteiger partial charge is 0.478 e. The normalized spacial score (nSPS) is 12.3. The van der Waals surface area contributed by atoms with E-state index in [9.17, 15) is 19.2 Å². The van der Waals surface area contributed by atoms with Gasteiger partial charge < -0.3 is 15.2 Å². The molecule has 0 aliphatic carbocycles. The van der Waals surface area contributed by atoms with Gasteiger partial charge in [0.2, 0.25) is 0 Å². The van der Waals surface area contributed by atoms with Crippen LogP contribution in [-0.2, 0) is 0 Å². The van der Waals surface area contributed by atoms with Crippen LogP contribution in [0.5, 0.6) is 11.5 Å². The third-order valence-corrected chi connectivity index (χ3v) is 5.61. The number of rotatable bonds is 6. The molecule has 0 saturated heterocycles. The van der Waals surface area contributed by atoms with Gasteiger partial charge in [0.1, 0.15) is 11.5 Å². The van der Waals surface area contributed by atoms with E-state index >= 15 is 0 Å². The SMILES string of the molecule is O=C(O)c1ccc(NC(=O)c2ccc3c(c2)C(=O)N(c2ccc(Oc4ccccc4)cc2)C3=O)cc1. The Kier molecular flexibility index (Phi) is 5.75. The minimum absolute atomic E-state index is 0.0920. The highest BCUT2D eigenvalue weighted by Crippen LogP contribution is 2.31. The maximum atomic E-state index is 13.1. The number of carboxylic acids is 1. The monoisotopic (exact) mass is 478 g/mol. The number of nitrogens with zero attached hydrogens (tertiary/aromatic N) is 1. The van der Waals surface area contributed by atoms with Gasteiger partial charge in [-0.2, -0.15) is 0 Å². The highest BCUT2D eigenvalue weighted by molar-refractivity contribution is 6.34. The predicted octanol–water partition coefficient (Wildman–Crippen LogP) is 5.23. The molecule has 0 spiro atoms. The summed E-state index contributed by atoms with van der Waals surface area (Å²) >= 11 is 0. The number of hydrogen-bond acceptors (Lipinski definition) is 5. The van der Waals surface area contributed by atoms with Crippen LogP contribution < -0.4 is 15.0 Å². The Morgan fingerprint density at radius 3 is 1.97 bits per heavy atom. The Hall–Kier alpha value is -5.24. The summed E-state index contributed by atoms with van der Waals surface area (Å²) in [6, 6.07) is 25.8. The molecule has 8 nitrogen and oxygen atoms in total. The van der Waals surface area contributed by atoms with Crippen LogP contribution in [0.3, 0.4) is 0 Å². The molecular weight excluding hydrogens is 460 g/mol. The molecule has 0 saturated carbocycles. The highest BCUT2D eigenvalue weighted by atomic mass is 16.5. The van der Waals surface area contributed by atoms with E-state index in [0.29, 0.717) is 22.9 Å². The molecule has 0 radical (unpaired) electrons. The fraction of sp³-hybridized carbons (Fsp3) is 0. The Labute approximate surface area is 205 Å². The minimum atomic E-state index is -1.07. The topological polar surface area (TPSA) is 113 Å². The van der Waals surface area contributed by atoms with Crippen molar-refractivity contribution in [2.75, 3.05) is 10.2 Å². The van der Waals surface area contributed by atoms with Crippen molar-refractivity contribution in [3.8, 4) is 11.5 Å². The van der Waals surface area contributed by atoms with Gasteiger partial charge in [0.15, 0.2) is 0 Å². The molecule has 0 unspecified atom stereocenters. The van der Waals surface area contributed by atoms with Gasteiger partial charge in [0.05, 0.1) is 22.4 Å². The van der Waals surface area contributed by atoms with Crippen LogP contribution in [0.1, 0.15) is 41.4 Å². The Morgan fingerprint density at radius 1 is 0.694 bits per heavy atom. The first kappa shape index (κ1) is 22.5. The van der Waals surface area contributed by atoms with Gasteiger partial charge in [0.25, 0.3) is 17.7 Å². The highest BCUT2D eigenvalue weighted by Gasteiger charge is 2.37. The maximum absolute atomic E-state index is 13.1. The molecule has 4 aromatic rings. The first-order valence-electron chi connectivity index (χ1n) is 10.9. The van der Waals surface area contributed by atoms with E-state index in [1.54, 1.807) is 24.3 Å². The maximum Gasteiger partial charge on any atom is 0.335 e. The number of ether oxygens (including phenoxy) is 1. The molecule has 1 heterocycles. The van der Waals surface area contributed by atoms with Crippen molar-refractivity contribution in [1.29, 1.82) is 0 Å². The van der Waals surface area contributed by atoms with Crippen molar-refractivity contribution in [2.24, 2.45) is 0 Å². The second-order valence-electron chi connectivity index (χ2n) is 7.95. The van der Waals surface area contributed by atoms with Crippen LogP contribution in [0.2, 0.25) is 0 Å². The van der Waals surface area contributed by atoms with E-state index < -0.39 is 23.7 Å². The zero-order chi connectivity index (χ0) is 25.2. The molecule has 5 rings (SSSR count). The molecule has 2 N–H and O–H groups in total. The molecular formula is C28H18N2O6. The predicted molar refractivity (Wildman–Crippen MR) is 132 cm³/mol. The van der Waals surface area contributed by atoms with Crippen LogP contribution in [0, 0.1) is 0 Å². The van der Waals surface area contributed by atoms with Crippen molar-refractivity contribution in [3.05, 3.63) is 119 Å². The lowest BCUT2D eigenvalue weighted by atomic mass is 10.1. The number of nitrogens with one attached hydrogen (secondary N) is 1. The molecule has 0 fully saturated rings. The van der Waals surface area contributed by atoms with E-state index in [1.807, 2.05) is 30.3 Å². The number of amides is 3. The van der Waals surface area contributed by atoms with Gasteiger partial charge in [0, 0.05) is 11.3 Å². The van der Waals surface area contributed by atoms with Gasteiger partial charge in [-0.25, -0.2) is 9.69 Å². The van der Waals surface area contributed by atoms with E-state index in [2.05, 4.69) is 5.32 Å². The molecule has 0 aromatic heterocycles. The zero-order valence-electron chi connectivity index (χ0n) is 18.7. The number of hydrogen-bond donors (Lipinski definition) is 2. The van der Waals surface area contributed by atoms with E-state index in [4.69, 9.17) is 9.84 Å². The number of para-hydroxylation sites is 1. The van der Waals surface area contributed by atoms with Crippen molar-refractivity contribution in [2.45, 2.75) is 0 Å². The smallest absolute Gasteiger partial charge is 0.335 e. The first-order valence-corrected chi connectivity index (χ1v) is 10.9. The van der Waals surface area contributed by atoms with Crippen molar-refractivity contribution >= 4 is 35.1 Å². The van der Waals surface area contributed by atoms with Gasteiger partial charge in [-0.05, 0) is 78.9 Å². The quantitative estimate of drug-likeness (QED) is 0.367. The molecule has 1 aliphatic rings. The third kappa shape index (κ3) is 4.30. The third-order valence-electron chi connectivity index (χ3n) is 5.61. The zero-order valence-corrected chi connectivity index (χ0v) is 18.7. The summed E-state index contributed by atoms with van der Waals surface area (Å²) in [5.74, 6) is -1.37. The van der Waals surface area contributed by atoms with Crippen molar-refractivity contribution in [1.82, 2.24) is 0 Å². The fourth-order valence-electron chi connectivity index (χ4n) is 3.80. The lowest BCUT2D eigenvalue weighted by Crippen LogP contribution is -2.29. The Morgan fingerprint density at radius 2 is 1.31 bits per heavy atom. The molecule has 0 bridgehead atoms. The average Bonchev–Trinajstić information content (AvgIpc) is 3.14. The second kappa shape index (κ2) is 9.19. The number of imide groups is 1. The van der Waals surface area contributed by atoms with Crippen molar-refractivity contribution < 1.29 is 29.0 Å². The summed E-state index contributed by atoms with van der Waals surface area (Å²) in [5, 5.41) is 11.6. The van der Waals surface area contributed by atoms with Crippen LogP contribution in [-0.4, -0.2) is 28.8 Å². The number of carbonyl (C=O) groups excluding carboxylic acids is 3. The standard InChI is InChI=1S/C28H18N2O6/c31-25(29-19-9-6-17(7-10-19)28(34)35)18-8-15-23-24(16-18)27(33)30(26(23)32)20-11-13-22(14-12-20)36-21-4-2-1-3-5-21/h1-16H,(H,29,31)(H,34,35). The fourth-order valence-corrected chi connectivity index (χ4v) is 3.80. The average molecular weight is 478 g/mol. The number of carboxylic acid groups (broad SMARTS) is 1. The van der Waals surface area contributed by atoms with E-state index in [0.717, 1.165) is 4.90 Å². The summed E-state index contributed by atoms with van der Waals surface area (Å²) in [7, 11) is 0. The second-order valence-corrected chi connectivity index (χ2v) is 7.95. The van der Waals surface area contributed by atoms with Gasteiger partial charge in [-0.3, -0.25) is 14.4 Å². The summed E-state index contributed by atoms with van der Waals surface area (Å²) in [6.45, 7) is 0. The van der Waals surface area contributed by atoms with Gasteiger partial charge >= 0.3 is 5.97 Å².